The fourth-order valence-corrected chi connectivity index (χ4v) is 9.17. The summed E-state index contributed by atoms with van der Waals surface area (Å²) in [4.78, 5) is 2.59. The molecule has 1 atom stereocenters. The quantitative estimate of drug-likeness (QED) is 0.563. The van der Waals surface area contributed by atoms with Gasteiger partial charge in [0.2, 0.25) is 6.42 Å². The largest absolute Gasteiger partial charge is 0.374 e. The van der Waals surface area contributed by atoms with Crippen molar-refractivity contribution in [3.05, 3.63) is 41.3 Å². The first-order valence-corrected chi connectivity index (χ1v) is 13.6. The van der Waals surface area contributed by atoms with Crippen LogP contribution < -0.4 is 4.78 Å². The van der Waals surface area contributed by atoms with Gasteiger partial charge in [-0.1, -0.05) is 37.5 Å². The molecule has 6 heteroatoms. The van der Waals surface area contributed by atoms with Gasteiger partial charge in [0.05, 0.1) is 22.8 Å². The number of rotatable bonds is 4. The number of nitrogens with zero attached hydrogens (tertiary/aromatic N) is 3. The zero-order valence-electron chi connectivity index (χ0n) is 16.6. The summed E-state index contributed by atoms with van der Waals surface area (Å²) in [6.07, 6.45) is 9.92. The summed E-state index contributed by atoms with van der Waals surface area (Å²) in [5.74, 6) is 0. The molecule has 1 aromatic carbocycles. The number of anilines is 1. The molecule has 0 unspecified atom stereocenters. The highest BCUT2D eigenvalue weighted by Crippen LogP contribution is 2.68. The fourth-order valence-electron chi connectivity index (χ4n) is 5.05. The summed E-state index contributed by atoms with van der Waals surface area (Å²) in [5, 5.41) is 6.42. The van der Waals surface area contributed by atoms with E-state index < -0.39 is 6.42 Å². The zero-order valence-corrected chi connectivity index (χ0v) is 18.3. The topological polar surface area (TPSA) is 28.1 Å². The van der Waals surface area contributed by atoms with Crippen molar-refractivity contribution in [1.29, 1.82) is 0 Å². The predicted molar refractivity (Wildman–Crippen MR) is 120 cm³/mol. The third-order valence-electron chi connectivity index (χ3n) is 6.44. The van der Waals surface area contributed by atoms with Crippen LogP contribution in [0.5, 0.6) is 0 Å². The van der Waals surface area contributed by atoms with Crippen molar-refractivity contribution in [2.24, 2.45) is 5.10 Å². The van der Waals surface area contributed by atoms with Gasteiger partial charge >= 0.3 is 0 Å². The van der Waals surface area contributed by atoms with Crippen LogP contribution in [-0.4, -0.2) is 29.8 Å². The molecule has 4 aliphatic rings. The molecule has 0 amide bonds. The molecular weight excluding hydrogens is 385 g/mol. The lowest BCUT2D eigenvalue weighted by molar-refractivity contribution is 0.173. The summed E-state index contributed by atoms with van der Waals surface area (Å²) in [6, 6.07) is 10.5. The summed E-state index contributed by atoms with van der Waals surface area (Å²) in [7, 11) is 0. The van der Waals surface area contributed by atoms with E-state index in [1.807, 2.05) is 0 Å². The second-order valence-electron chi connectivity index (χ2n) is 8.40. The standard InChI is InChI=1S/C22H30N3OPS/c28-27(26-19-12-5-2-6-13-19)22-20(23-25(27)18-10-3-1-4-11-18)14-9-15-21(22)24-16-7-8-17-24/h1,3-4,10-11,19H,2,5-9,12-17H2/t27-/m0/s1. The van der Waals surface area contributed by atoms with E-state index in [1.54, 1.807) is 0 Å². The average Bonchev–Trinajstić information content (AvgIpc) is 3.37. The molecule has 2 aliphatic carbocycles. The van der Waals surface area contributed by atoms with E-state index in [0.717, 1.165) is 44.5 Å². The number of hydrazone groups is 1. The minimum atomic E-state index is -2.41. The van der Waals surface area contributed by atoms with Crippen LogP contribution in [0.25, 0.3) is 0 Å². The molecule has 0 radical (unpaired) electrons. The number of likely N-dealkylation sites (tertiary alicyclic amines) is 1. The molecule has 2 aliphatic heterocycles. The first-order valence-electron chi connectivity index (χ1n) is 11.0. The molecule has 0 bridgehead atoms. The maximum absolute atomic E-state index is 6.92. The second kappa shape index (κ2) is 7.93. The monoisotopic (exact) mass is 415 g/mol. The van der Waals surface area contributed by atoms with Crippen LogP contribution in [0.2, 0.25) is 0 Å². The van der Waals surface area contributed by atoms with Crippen LogP contribution in [-0.2, 0) is 16.3 Å². The Kier molecular flexibility index (Phi) is 5.34. The average molecular weight is 416 g/mol. The normalized spacial score (nSPS) is 28.6. The van der Waals surface area contributed by atoms with Gasteiger partial charge in [-0.05, 0) is 68.9 Å². The Balaban J connectivity index is 1.59. The van der Waals surface area contributed by atoms with E-state index in [4.69, 9.17) is 21.4 Å². The summed E-state index contributed by atoms with van der Waals surface area (Å²) in [6.45, 7) is 2.33. The molecule has 5 rings (SSSR count). The number of hydrogen-bond donors (Lipinski definition) is 0. The molecule has 28 heavy (non-hydrogen) atoms. The highest BCUT2D eigenvalue weighted by atomic mass is 32.4. The van der Waals surface area contributed by atoms with Crippen LogP contribution in [0.15, 0.2) is 46.4 Å². The Morgan fingerprint density at radius 1 is 0.929 bits per heavy atom. The van der Waals surface area contributed by atoms with Gasteiger partial charge in [-0.15, -0.1) is 0 Å². The number of benzene rings is 1. The molecule has 2 fully saturated rings. The van der Waals surface area contributed by atoms with E-state index in [-0.39, 0.29) is 6.10 Å². The highest BCUT2D eigenvalue weighted by Gasteiger charge is 2.46. The van der Waals surface area contributed by atoms with E-state index in [0.29, 0.717) is 0 Å². The van der Waals surface area contributed by atoms with E-state index in [2.05, 4.69) is 40.0 Å². The van der Waals surface area contributed by atoms with Crippen molar-refractivity contribution in [3.8, 4) is 0 Å². The molecule has 0 spiro atoms. The second-order valence-corrected chi connectivity index (χ2v) is 12.0. The van der Waals surface area contributed by atoms with E-state index >= 15 is 0 Å². The molecule has 2 heterocycles. The van der Waals surface area contributed by atoms with Crippen molar-refractivity contribution in [2.75, 3.05) is 17.9 Å². The number of fused-ring (bicyclic) bond motifs is 1. The van der Waals surface area contributed by atoms with Crippen LogP contribution in [0.1, 0.15) is 64.2 Å². The minimum Gasteiger partial charge on any atom is -0.374 e. The smallest absolute Gasteiger partial charge is 0.210 e. The van der Waals surface area contributed by atoms with Gasteiger partial charge in [0.1, 0.15) is 0 Å². The molecule has 4 nitrogen and oxygen atoms in total. The third kappa shape index (κ3) is 3.36. The lowest BCUT2D eigenvalue weighted by atomic mass is 9.98. The molecule has 150 valence electrons. The van der Waals surface area contributed by atoms with Crippen molar-refractivity contribution >= 4 is 29.6 Å². The lowest BCUT2D eigenvalue weighted by Crippen LogP contribution is -2.26. The van der Waals surface area contributed by atoms with Gasteiger partial charge in [-0.2, -0.15) is 5.10 Å². The Bertz CT molecular complexity index is 825. The number of allylic oxidation sites excluding steroid dienone is 2. The van der Waals surface area contributed by atoms with Crippen molar-refractivity contribution in [1.82, 2.24) is 4.90 Å². The lowest BCUT2D eigenvalue weighted by Gasteiger charge is -2.36. The molecule has 1 saturated heterocycles. The number of para-hydroxylation sites is 1. The molecule has 0 aromatic heterocycles. The first kappa shape index (κ1) is 18.8. The first-order chi connectivity index (χ1) is 13.8. The fraction of sp³-hybridized carbons (Fsp3) is 0.591. The van der Waals surface area contributed by atoms with Gasteiger partial charge in [0.25, 0.3) is 0 Å². The van der Waals surface area contributed by atoms with Crippen LogP contribution in [0.4, 0.5) is 5.69 Å². The Morgan fingerprint density at radius 2 is 1.68 bits per heavy atom. The van der Waals surface area contributed by atoms with Gasteiger partial charge in [-0.25, -0.2) is 4.78 Å². The summed E-state index contributed by atoms with van der Waals surface area (Å²) < 4.78 is 9.03. The van der Waals surface area contributed by atoms with Crippen LogP contribution >= 0.6 is 6.42 Å². The zero-order chi connectivity index (χ0) is 19.0. The van der Waals surface area contributed by atoms with E-state index in [9.17, 15) is 0 Å². The molecular formula is C22H30N3OPS. The predicted octanol–water partition coefficient (Wildman–Crippen LogP) is 6.01. The Labute approximate surface area is 173 Å². The molecule has 1 aromatic rings. The molecule has 0 N–H and O–H groups in total. The molecule has 1 saturated carbocycles. The van der Waals surface area contributed by atoms with Crippen LogP contribution in [0, 0.1) is 0 Å². The van der Waals surface area contributed by atoms with Crippen LogP contribution in [0.3, 0.4) is 0 Å². The van der Waals surface area contributed by atoms with Crippen molar-refractivity contribution in [2.45, 2.75) is 70.3 Å². The van der Waals surface area contributed by atoms with E-state index in [1.165, 1.54) is 55.2 Å². The SMILES string of the molecule is S=[P@@]1(OC2CCCCC2)C2=C(N3CCCC3)CCCC2=NN1c1ccccc1. The van der Waals surface area contributed by atoms with Gasteiger partial charge < -0.3 is 9.42 Å². The Hall–Kier alpha value is -1.16. The van der Waals surface area contributed by atoms with Crippen molar-refractivity contribution in [3.63, 3.8) is 0 Å². The summed E-state index contributed by atoms with van der Waals surface area (Å²) >= 11 is 6.48. The maximum Gasteiger partial charge on any atom is 0.210 e. The Morgan fingerprint density at radius 3 is 2.43 bits per heavy atom. The third-order valence-corrected chi connectivity index (χ3v) is 10.2. The maximum atomic E-state index is 6.92. The van der Waals surface area contributed by atoms with Gasteiger partial charge in [0, 0.05) is 18.8 Å². The van der Waals surface area contributed by atoms with Crippen molar-refractivity contribution < 1.29 is 4.52 Å². The van der Waals surface area contributed by atoms with Gasteiger partial charge in [-0.3, -0.25) is 0 Å². The highest BCUT2D eigenvalue weighted by molar-refractivity contribution is 8.15. The van der Waals surface area contributed by atoms with Gasteiger partial charge in [0.15, 0.2) is 0 Å². The number of hydrogen-bond acceptors (Lipinski definition) is 4. The minimum absolute atomic E-state index is 0.287. The summed E-state index contributed by atoms with van der Waals surface area (Å²) in [5.41, 5.74) is 3.74.